The maximum atomic E-state index is 17.2. The maximum Gasteiger partial charge on any atom is 0.319 e. The molecular weight excluding hydrogens is 626 g/mol. The van der Waals surface area contributed by atoms with Gasteiger partial charge in [0.2, 0.25) is 0 Å². The highest BCUT2D eigenvalue weighted by molar-refractivity contribution is 6.05. The summed E-state index contributed by atoms with van der Waals surface area (Å²) in [4.78, 5) is 14.2. The van der Waals surface area contributed by atoms with Gasteiger partial charge < -0.3 is 29.7 Å². The summed E-state index contributed by atoms with van der Waals surface area (Å²) in [6.07, 6.45) is 9.90. The molecule has 9 rings (SSSR count). The normalized spacial score (nSPS) is 25.4. The van der Waals surface area contributed by atoms with Crippen molar-refractivity contribution in [1.82, 2.24) is 20.2 Å². The van der Waals surface area contributed by atoms with Gasteiger partial charge in [-0.3, -0.25) is 0 Å². The van der Waals surface area contributed by atoms with Gasteiger partial charge in [-0.15, -0.1) is 6.42 Å². The number of hydrogen-bond donors (Lipinski definition) is 2. The van der Waals surface area contributed by atoms with Gasteiger partial charge in [0.05, 0.1) is 37.0 Å². The monoisotopic (exact) mass is 662 g/mol. The number of halogens is 2. The number of nitriles is 1. The van der Waals surface area contributed by atoms with Gasteiger partial charge in [-0.2, -0.15) is 15.2 Å². The maximum absolute atomic E-state index is 17.2. The molecule has 0 amide bonds. The number of fused-ring (bicyclic) bond motifs is 5. The van der Waals surface area contributed by atoms with Crippen molar-refractivity contribution in [3.63, 3.8) is 0 Å². The highest BCUT2D eigenvalue weighted by atomic mass is 19.1. The molecule has 0 radical (unpaired) electrons. The van der Waals surface area contributed by atoms with Crippen LogP contribution in [0, 0.1) is 52.6 Å². The zero-order valence-electron chi connectivity index (χ0n) is 27.0. The predicted molar refractivity (Wildman–Crippen MR) is 180 cm³/mol. The van der Waals surface area contributed by atoms with Crippen LogP contribution in [0.3, 0.4) is 0 Å². The number of nitrogens with one attached hydrogen (secondary N) is 1. The number of anilines is 1. The van der Waals surface area contributed by atoms with E-state index in [1.807, 2.05) is 0 Å². The second-order valence-corrected chi connectivity index (χ2v) is 14.7. The van der Waals surface area contributed by atoms with Gasteiger partial charge in [0.15, 0.2) is 5.82 Å². The summed E-state index contributed by atoms with van der Waals surface area (Å²) in [7, 11) is 0. The van der Waals surface area contributed by atoms with Gasteiger partial charge in [-0.1, -0.05) is 12.0 Å². The average Bonchev–Trinajstić information content (AvgIpc) is 3.34. The van der Waals surface area contributed by atoms with E-state index in [-0.39, 0.29) is 62.4 Å². The fourth-order valence-corrected chi connectivity index (χ4v) is 8.71. The highest BCUT2D eigenvalue weighted by Crippen LogP contribution is 2.48. The standard InChI is InChI=1S/C38H36F2N6O3/c1-2-28-31(39)6-3-21-9-27(47)11-29(32(21)28)33-22(12-41)10-30-35(34(33)40)43-37(44-36(30)46-15-25-4-5-26(16-46)42-25)49-20-38(7-8-38)19-45-13-23-17-48-18-24(23)14-45/h1,3,6,9-11,23-26,42,47H,4-5,7-8,13-20H2/t23-,24-,25?,26?/m0/s1. The van der Waals surface area contributed by atoms with Crippen LogP contribution in [0.5, 0.6) is 11.8 Å². The third-order valence-electron chi connectivity index (χ3n) is 11.3. The molecule has 250 valence electrons. The second kappa shape index (κ2) is 11.5. The average molecular weight is 663 g/mol. The van der Waals surface area contributed by atoms with Crippen molar-refractivity contribution in [2.24, 2.45) is 17.3 Å². The summed E-state index contributed by atoms with van der Waals surface area (Å²) in [5.41, 5.74) is -0.0965. The molecule has 4 saturated heterocycles. The van der Waals surface area contributed by atoms with E-state index >= 15 is 4.39 Å². The molecule has 4 aliphatic heterocycles. The van der Waals surface area contributed by atoms with E-state index in [0.717, 1.165) is 58.5 Å². The van der Waals surface area contributed by atoms with Gasteiger partial charge in [0, 0.05) is 78.4 Å². The molecule has 1 aromatic heterocycles. The Morgan fingerprint density at radius 2 is 1.82 bits per heavy atom. The van der Waals surface area contributed by atoms with Crippen molar-refractivity contribution in [2.45, 2.75) is 37.8 Å². The fraction of sp³-hybridized carbons (Fsp3) is 0.447. The van der Waals surface area contributed by atoms with Crippen LogP contribution in [-0.4, -0.2) is 84.6 Å². The molecule has 49 heavy (non-hydrogen) atoms. The number of terminal acetylenes is 1. The number of phenols is 1. The van der Waals surface area contributed by atoms with Crippen molar-refractivity contribution in [3.05, 3.63) is 53.1 Å². The molecule has 2 N–H and O–H groups in total. The van der Waals surface area contributed by atoms with Gasteiger partial charge in [0.25, 0.3) is 0 Å². The molecule has 4 atom stereocenters. The van der Waals surface area contributed by atoms with Crippen LogP contribution in [0.1, 0.15) is 36.8 Å². The third kappa shape index (κ3) is 5.23. The summed E-state index contributed by atoms with van der Waals surface area (Å²) >= 11 is 0. The predicted octanol–water partition coefficient (Wildman–Crippen LogP) is 4.96. The van der Waals surface area contributed by atoms with Gasteiger partial charge in [-0.25, -0.2) is 8.78 Å². The minimum absolute atomic E-state index is 0.00142. The largest absolute Gasteiger partial charge is 0.508 e. The Kier molecular flexibility index (Phi) is 7.17. The zero-order chi connectivity index (χ0) is 33.4. The molecule has 3 aromatic carbocycles. The Labute approximate surface area is 282 Å². The van der Waals surface area contributed by atoms with Crippen LogP contribution in [0.25, 0.3) is 32.8 Å². The number of aromatic hydroxyl groups is 1. The molecule has 0 spiro atoms. The van der Waals surface area contributed by atoms with E-state index in [4.69, 9.17) is 20.9 Å². The van der Waals surface area contributed by atoms with Gasteiger partial charge in [-0.05, 0) is 60.9 Å². The van der Waals surface area contributed by atoms with Crippen molar-refractivity contribution in [3.8, 4) is 41.3 Å². The number of aromatic nitrogens is 2. The second-order valence-electron chi connectivity index (χ2n) is 14.7. The summed E-state index contributed by atoms with van der Waals surface area (Å²) < 4.78 is 44.2. The summed E-state index contributed by atoms with van der Waals surface area (Å²) in [6.45, 7) is 6.47. The lowest BCUT2D eigenvalue weighted by Crippen LogP contribution is -2.51. The Bertz CT molecular complexity index is 2080. The smallest absolute Gasteiger partial charge is 0.319 e. The van der Waals surface area contributed by atoms with E-state index in [1.54, 1.807) is 6.07 Å². The minimum atomic E-state index is -0.785. The minimum Gasteiger partial charge on any atom is -0.508 e. The first-order valence-electron chi connectivity index (χ1n) is 17.1. The molecule has 5 aliphatic rings. The van der Waals surface area contributed by atoms with Crippen molar-refractivity contribution in [1.29, 1.82) is 5.26 Å². The van der Waals surface area contributed by atoms with E-state index in [0.29, 0.717) is 48.1 Å². The van der Waals surface area contributed by atoms with Crippen LogP contribution >= 0.6 is 0 Å². The molecule has 2 unspecified atom stereocenters. The Morgan fingerprint density at radius 3 is 2.51 bits per heavy atom. The number of ether oxygens (including phenoxy) is 2. The number of piperazine rings is 1. The Morgan fingerprint density at radius 1 is 1.06 bits per heavy atom. The molecule has 1 saturated carbocycles. The van der Waals surface area contributed by atoms with Crippen LogP contribution in [0.2, 0.25) is 0 Å². The van der Waals surface area contributed by atoms with E-state index in [9.17, 15) is 14.8 Å². The summed E-state index contributed by atoms with van der Waals surface area (Å²) in [5, 5.41) is 25.7. The zero-order valence-corrected chi connectivity index (χ0v) is 27.0. The number of rotatable bonds is 7. The van der Waals surface area contributed by atoms with Crippen molar-refractivity contribution >= 4 is 27.5 Å². The number of likely N-dealkylation sites (tertiary alicyclic amines) is 1. The van der Waals surface area contributed by atoms with Crippen LogP contribution in [0.4, 0.5) is 14.6 Å². The Hall–Kier alpha value is -4.55. The van der Waals surface area contributed by atoms with Crippen LogP contribution in [0.15, 0.2) is 30.3 Å². The molecule has 5 heterocycles. The topological polar surface area (TPSA) is 107 Å². The van der Waals surface area contributed by atoms with Crippen molar-refractivity contribution in [2.75, 3.05) is 57.4 Å². The summed E-state index contributed by atoms with van der Waals surface area (Å²) in [5.74, 6) is 2.49. The molecule has 4 aromatic rings. The lowest BCUT2D eigenvalue weighted by molar-refractivity contribution is 0.131. The molecule has 11 heteroatoms. The molecule has 2 bridgehead atoms. The first kappa shape index (κ1) is 30.5. The lowest BCUT2D eigenvalue weighted by Gasteiger charge is -2.34. The summed E-state index contributed by atoms with van der Waals surface area (Å²) in [6, 6.07) is 9.82. The SMILES string of the molecule is C#Cc1c(F)ccc2cc(O)cc(-c3c(C#N)cc4c(N5CC6CCC(C5)N6)nc(OCC5(CN6C[C@H]7COC[C@@H]7C6)CC5)nc4c3F)c12. The van der Waals surface area contributed by atoms with E-state index in [2.05, 4.69) is 32.1 Å². The van der Waals surface area contributed by atoms with Gasteiger partial charge in [0.1, 0.15) is 22.9 Å². The first-order valence-corrected chi connectivity index (χ1v) is 17.1. The number of phenolic OH excluding ortho intramolecular Hbond substituents is 1. The lowest BCUT2D eigenvalue weighted by atomic mass is 9.90. The molecule has 9 nitrogen and oxygen atoms in total. The van der Waals surface area contributed by atoms with Crippen molar-refractivity contribution < 1.29 is 23.4 Å². The van der Waals surface area contributed by atoms with Crippen LogP contribution in [-0.2, 0) is 4.74 Å². The third-order valence-corrected chi connectivity index (χ3v) is 11.3. The number of benzene rings is 3. The number of nitrogens with zero attached hydrogens (tertiary/aromatic N) is 5. The molecule has 5 fully saturated rings. The quantitative estimate of drug-likeness (QED) is 0.266. The Balaban J connectivity index is 1.15. The molecule has 1 aliphatic carbocycles. The highest BCUT2D eigenvalue weighted by Gasteiger charge is 2.48. The van der Waals surface area contributed by atoms with E-state index < -0.39 is 11.6 Å². The van der Waals surface area contributed by atoms with Crippen LogP contribution < -0.4 is 15.0 Å². The fourth-order valence-electron chi connectivity index (χ4n) is 8.71. The first-order chi connectivity index (χ1) is 23.8. The van der Waals surface area contributed by atoms with E-state index in [1.165, 1.54) is 24.3 Å². The number of hydrogen-bond acceptors (Lipinski definition) is 9. The molecular formula is C38H36F2N6O3. The van der Waals surface area contributed by atoms with Gasteiger partial charge >= 0.3 is 6.01 Å².